The first-order valence-electron chi connectivity index (χ1n) is 2.12. The van der Waals surface area contributed by atoms with Gasteiger partial charge in [-0.25, -0.2) is 0 Å². The molecule has 2 heteroatoms. The van der Waals surface area contributed by atoms with Gasteiger partial charge in [-0.1, -0.05) is 0 Å². The molecule has 0 aromatic rings. The van der Waals surface area contributed by atoms with Crippen molar-refractivity contribution >= 4 is 0 Å². The van der Waals surface area contributed by atoms with E-state index in [1.54, 1.807) is 0 Å². The van der Waals surface area contributed by atoms with Crippen LogP contribution in [0.25, 0.3) is 0 Å². The molecule has 0 aliphatic carbocycles. The molecule has 1 saturated heterocycles. The molecule has 0 amide bonds. The third-order valence-corrected chi connectivity index (χ3v) is 0.972. The van der Waals surface area contributed by atoms with E-state index in [0.717, 1.165) is 6.42 Å². The summed E-state index contributed by atoms with van der Waals surface area (Å²) in [6, 6.07) is 0. The van der Waals surface area contributed by atoms with Crippen LogP contribution in [0.1, 0.15) is 6.42 Å². The van der Waals surface area contributed by atoms with Crippen molar-refractivity contribution in [2.24, 2.45) is 0 Å². The van der Waals surface area contributed by atoms with E-state index < -0.39 is 0 Å². The maximum Gasteiger partial charge on any atom is 0.0254 e. The summed E-state index contributed by atoms with van der Waals surface area (Å²) in [5.41, 5.74) is 0. The second-order valence-electron chi connectivity index (χ2n) is 1.50. The van der Waals surface area contributed by atoms with Crippen LogP contribution in [0.3, 0.4) is 0 Å². The summed E-state index contributed by atoms with van der Waals surface area (Å²) in [6.07, 6.45) is 1.50. The van der Waals surface area contributed by atoms with Crippen molar-refractivity contribution in [2.45, 2.75) is 18.6 Å². The van der Waals surface area contributed by atoms with Gasteiger partial charge in [-0.3, -0.25) is 0 Å². The molecule has 1 fully saturated rings. The molecule has 1 aliphatic rings. The van der Waals surface area contributed by atoms with E-state index in [1.165, 1.54) is 0 Å². The first-order chi connectivity index (χ1) is 2.84. The van der Waals surface area contributed by atoms with Crippen LogP contribution < -0.4 is 0 Å². The number of hydrogen-bond acceptors (Lipinski definition) is 1. The van der Waals surface area contributed by atoms with Gasteiger partial charge in [-0.15, -0.1) is 0 Å². The summed E-state index contributed by atoms with van der Waals surface area (Å²) in [5, 5.41) is 0. The summed E-state index contributed by atoms with van der Waals surface area (Å²) < 4.78 is 4.89. The fourth-order valence-electron chi connectivity index (χ4n) is 0.433. The fourth-order valence-corrected chi connectivity index (χ4v) is 0.433. The molecule has 0 aromatic carbocycles. The van der Waals surface area contributed by atoms with Gasteiger partial charge in [0.1, 0.15) is 0 Å². The first-order valence-corrected chi connectivity index (χ1v) is 2.12. The van der Waals surface area contributed by atoms with Crippen LogP contribution in [0.15, 0.2) is 0 Å². The minimum atomic E-state index is 0. The second kappa shape index (κ2) is 3.16. The smallest absolute Gasteiger partial charge is 0.0254 e. The molecule has 1 nitrogen and oxygen atoms in total. The molecule has 2 atom stereocenters. The molecule has 0 saturated carbocycles. The Kier molecular flexibility index (Phi) is 3.64. The van der Waals surface area contributed by atoms with Crippen LogP contribution in [0.5, 0.6) is 0 Å². The van der Waals surface area contributed by atoms with Crippen LogP contribution in [0.2, 0.25) is 0 Å². The van der Waals surface area contributed by atoms with E-state index >= 15 is 0 Å². The van der Waals surface area contributed by atoms with Gasteiger partial charge in [0.2, 0.25) is 0 Å². The van der Waals surface area contributed by atoms with Gasteiger partial charge < -0.3 is 18.6 Å². The van der Waals surface area contributed by atoms with Gasteiger partial charge in [0, 0.05) is 38.8 Å². The van der Waals surface area contributed by atoms with Crippen molar-refractivity contribution in [1.29, 1.82) is 0 Å². The van der Waals surface area contributed by atoms with Crippen molar-refractivity contribution in [3.63, 3.8) is 0 Å². The Morgan fingerprint density at radius 2 is 2.00 bits per heavy atom. The molecule has 39 valence electrons. The zero-order valence-electron chi connectivity index (χ0n) is 4.26. The van der Waals surface area contributed by atoms with Crippen LogP contribution in [0.4, 0.5) is 0 Å². The van der Waals surface area contributed by atoms with E-state index in [4.69, 9.17) is 4.74 Å². The molecule has 0 N–H and O–H groups in total. The average Bonchev–Trinajstić information content (AvgIpc) is 2.19. The van der Waals surface area contributed by atoms with Crippen molar-refractivity contribution < 1.29 is 37.4 Å². The summed E-state index contributed by atoms with van der Waals surface area (Å²) in [7, 11) is 0. The van der Waals surface area contributed by atoms with Gasteiger partial charge >= 0.3 is 0 Å². The average molecular weight is 173 g/mol. The third kappa shape index (κ3) is 2.20. The first kappa shape index (κ1) is 8.06. The standard InChI is InChI=1S/C5H8O.Y/c1-3-5-4(2)6-5;/h4-5H,1-3H2;/q-2;. The Balaban J connectivity index is 0.000000360. The predicted octanol–water partition coefficient (Wildman–Crippen LogP) is 0.810. The molecular weight excluding hydrogens is 165 g/mol. The van der Waals surface area contributed by atoms with Crippen molar-refractivity contribution in [3.8, 4) is 0 Å². The minimum Gasteiger partial charge on any atom is -0.407 e. The molecule has 2 unspecified atom stereocenters. The van der Waals surface area contributed by atoms with E-state index in [9.17, 15) is 0 Å². The maximum absolute atomic E-state index is 4.89. The Hall–Kier alpha value is 1.06. The number of rotatable bonds is 1. The largest absolute Gasteiger partial charge is 0.407 e. The summed E-state index contributed by atoms with van der Waals surface area (Å²) >= 11 is 0. The SMILES string of the molecule is [CH2-]CC1OC1[CH2-].[Y]. The number of hydrogen-bond donors (Lipinski definition) is 0. The molecule has 1 heterocycles. The van der Waals surface area contributed by atoms with E-state index in [0.29, 0.717) is 6.10 Å². The van der Waals surface area contributed by atoms with Crippen molar-refractivity contribution in [2.75, 3.05) is 0 Å². The Morgan fingerprint density at radius 1 is 1.57 bits per heavy atom. The van der Waals surface area contributed by atoms with Crippen LogP contribution >= 0.6 is 0 Å². The van der Waals surface area contributed by atoms with E-state index in [1.807, 2.05) is 0 Å². The summed E-state index contributed by atoms with van der Waals surface area (Å²) in [5.74, 6) is 0. The molecule has 7 heavy (non-hydrogen) atoms. The van der Waals surface area contributed by atoms with Crippen LogP contribution in [0, 0.1) is 13.8 Å². The second-order valence-corrected chi connectivity index (χ2v) is 1.50. The van der Waals surface area contributed by atoms with E-state index in [-0.39, 0.29) is 38.8 Å². The molecule has 1 aliphatic heterocycles. The monoisotopic (exact) mass is 173 g/mol. The zero-order chi connectivity index (χ0) is 4.57. The van der Waals surface area contributed by atoms with Gasteiger partial charge in [0.25, 0.3) is 0 Å². The molecule has 0 spiro atoms. The van der Waals surface area contributed by atoms with Crippen molar-refractivity contribution in [1.82, 2.24) is 0 Å². The third-order valence-electron chi connectivity index (χ3n) is 0.972. The maximum atomic E-state index is 4.89. The van der Waals surface area contributed by atoms with Gasteiger partial charge in [-0.05, 0) is 6.10 Å². The normalized spacial score (nSPS) is 36.9. The predicted molar refractivity (Wildman–Crippen MR) is 24.0 cm³/mol. The van der Waals surface area contributed by atoms with Crippen molar-refractivity contribution in [3.05, 3.63) is 13.8 Å². The molecule has 0 aromatic heterocycles. The quantitative estimate of drug-likeness (QED) is 0.422. The molecule has 1 radical (unpaired) electrons. The Bertz CT molecular complexity index is 54.0. The molecular formula is C5H8OY-2. The fraction of sp³-hybridized carbons (Fsp3) is 0.600. The number of ether oxygens (including phenoxy) is 1. The molecule has 1 rings (SSSR count). The van der Waals surface area contributed by atoms with Crippen LogP contribution in [-0.2, 0) is 37.4 Å². The van der Waals surface area contributed by atoms with Crippen LogP contribution in [-0.4, -0.2) is 12.2 Å². The minimum absolute atomic E-state index is 0. The zero-order valence-corrected chi connectivity index (χ0v) is 7.10. The Labute approximate surface area is 69.7 Å². The van der Waals surface area contributed by atoms with Gasteiger partial charge in [0.05, 0.1) is 0 Å². The van der Waals surface area contributed by atoms with Gasteiger partial charge in [0.15, 0.2) is 0 Å². The summed E-state index contributed by atoms with van der Waals surface area (Å²) in [6.45, 7) is 7.27. The molecule has 0 bridgehead atoms. The number of epoxide rings is 1. The summed E-state index contributed by atoms with van der Waals surface area (Å²) in [4.78, 5) is 0. The van der Waals surface area contributed by atoms with Gasteiger partial charge in [-0.2, -0.15) is 6.42 Å². The topological polar surface area (TPSA) is 12.5 Å². The Morgan fingerprint density at radius 3 is 2.00 bits per heavy atom. The van der Waals surface area contributed by atoms with E-state index in [2.05, 4.69) is 13.8 Å².